The summed E-state index contributed by atoms with van der Waals surface area (Å²) in [5, 5.41) is 3.69. The Morgan fingerprint density at radius 1 is 1.80 bits per heavy atom. The fourth-order valence-electron chi connectivity index (χ4n) is 0.602. The molecule has 0 aliphatic rings. The van der Waals surface area contributed by atoms with Crippen molar-refractivity contribution in [3.8, 4) is 0 Å². The summed E-state index contributed by atoms with van der Waals surface area (Å²) in [5.74, 6) is 1.28. The first-order valence-electron chi connectivity index (χ1n) is 2.90. The first-order valence-corrected chi connectivity index (χ1v) is 2.90. The van der Waals surface area contributed by atoms with Crippen LogP contribution in [0.25, 0.3) is 5.76 Å². The van der Waals surface area contributed by atoms with Crippen molar-refractivity contribution in [2.75, 3.05) is 7.11 Å². The quantitative estimate of drug-likeness (QED) is 0.584. The second kappa shape index (κ2) is 2.56. The molecule has 1 rings (SSSR count). The third-order valence-electron chi connectivity index (χ3n) is 1.16. The molecule has 3 heteroatoms. The van der Waals surface area contributed by atoms with E-state index in [0.29, 0.717) is 11.5 Å². The molecule has 0 atom stereocenters. The van der Waals surface area contributed by atoms with Gasteiger partial charge < -0.3 is 9.26 Å². The summed E-state index contributed by atoms with van der Waals surface area (Å²) >= 11 is 0. The van der Waals surface area contributed by atoms with Crippen LogP contribution in [0.2, 0.25) is 0 Å². The van der Waals surface area contributed by atoms with Gasteiger partial charge in [-0.25, -0.2) is 0 Å². The lowest BCUT2D eigenvalue weighted by Crippen LogP contribution is -1.83. The second-order valence-corrected chi connectivity index (χ2v) is 1.95. The Morgan fingerprint density at radius 2 is 2.50 bits per heavy atom. The Balaban J connectivity index is 2.85. The lowest BCUT2D eigenvalue weighted by molar-refractivity contribution is 0.355. The van der Waals surface area contributed by atoms with E-state index in [-0.39, 0.29) is 0 Å². The third-order valence-corrected chi connectivity index (χ3v) is 1.16. The minimum absolute atomic E-state index is 0.525. The zero-order valence-electron chi connectivity index (χ0n) is 6.05. The molecule has 0 saturated heterocycles. The van der Waals surface area contributed by atoms with Crippen LogP contribution >= 0.6 is 0 Å². The summed E-state index contributed by atoms with van der Waals surface area (Å²) in [6.45, 7) is 5.43. The molecule has 0 aromatic carbocycles. The highest BCUT2D eigenvalue weighted by atomic mass is 16.5. The molecular weight excluding hydrogens is 130 g/mol. The van der Waals surface area contributed by atoms with Crippen molar-refractivity contribution in [2.45, 2.75) is 6.92 Å². The van der Waals surface area contributed by atoms with E-state index in [1.165, 1.54) is 0 Å². The SMILES string of the molecule is C=C(OC)c1cc(C)on1. The van der Waals surface area contributed by atoms with E-state index < -0.39 is 0 Å². The first kappa shape index (κ1) is 6.86. The Hall–Kier alpha value is -1.25. The fraction of sp³-hybridized carbons (Fsp3) is 0.286. The number of ether oxygens (including phenoxy) is 1. The average molecular weight is 139 g/mol. The van der Waals surface area contributed by atoms with E-state index >= 15 is 0 Å². The molecule has 0 radical (unpaired) electrons. The molecule has 10 heavy (non-hydrogen) atoms. The standard InChI is InChI=1S/C7H9NO2/c1-5-4-7(8-10-5)6(2)9-3/h4H,2H2,1,3H3. The van der Waals surface area contributed by atoms with Crippen molar-refractivity contribution in [2.24, 2.45) is 0 Å². The molecule has 0 saturated carbocycles. The monoisotopic (exact) mass is 139 g/mol. The lowest BCUT2D eigenvalue weighted by atomic mass is 10.3. The van der Waals surface area contributed by atoms with E-state index in [2.05, 4.69) is 11.7 Å². The topological polar surface area (TPSA) is 35.3 Å². The van der Waals surface area contributed by atoms with Gasteiger partial charge in [0.25, 0.3) is 0 Å². The number of methoxy groups -OCH3 is 1. The highest BCUT2D eigenvalue weighted by molar-refractivity contribution is 5.52. The Kier molecular flexibility index (Phi) is 1.76. The number of hydrogen-bond acceptors (Lipinski definition) is 3. The number of rotatable bonds is 2. The minimum Gasteiger partial charge on any atom is -0.495 e. The second-order valence-electron chi connectivity index (χ2n) is 1.95. The summed E-state index contributed by atoms with van der Waals surface area (Å²) in [4.78, 5) is 0. The van der Waals surface area contributed by atoms with Gasteiger partial charge >= 0.3 is 0 Å². The van der Waals surface area contributed by atoms with Gasteiger partial charge in [0.2, 0.25) is 0 Å². The summed E-state index contributed by atoms with van der Waals surface area (Å²) in [6.07, 6.45) is 0. The van der Waals surface area contributed by atoms with Crippen LogP contribution in [0.15, 0.2) is 17.2 Å². The summed E-state index contributed by atoms with van der Waals surface area (Å²) < 4.78 is 9.63. The van der Waals surface area contributed by atoms with Gasteiger partial charge in [0.05, 0.1) is 7.11 Å². The molecule has 1 heterocycles. The predicted molar refractivity (Wildman–Crippen MR) is 37.3 cm³/mol. The lowest BCUT2D eigenvalue weighted by Gasteiger charge is -1.95. The van der Waals surface area contributed by atoms with Crippen LogP contribution in [-0.2, 0) is 4.74 Å². The summed E-state index contributed by atoms with van der Waals surface area (Å²) in [6, 6.07) is 1.77. The molecule has 0 aliphatic carbocycles. The number of nitrogens with zero attached hydrogens (tertiary/aromatic N) is 1. The Labute approximate surface area is 59.3 Å². The van der Waals surface area contributed by atoms with Gasteiger partial charge in [-0.3, -0.25) is 0 Å². The molecule has 0 unspecified atom stereocenters. The molecule has 54 valence electrons. The molecule has 0 bridgehead atoms. The van der Waals surface area contributed by atoms with Gasteiger partial charge in [0.1, 0.15) is 17.2 Å². The van der Waals surface area contributed by atoms with Crippen LogP contribution in [0.4, 0.5) is 0 Å². The largest absolute Gasteiger partial charge is 0.495 e. The summed E-state index contributed by atoms with van der Waals surface area (Å²) in [5.41, 5.74) is 0.653. The number of hydrogen-bond donors (Lipinski definition) is 0. The predicted octanol–water partition coefficient (Wildman–Crippen LogP) is 1.60. The van der Waals surface area contributed by atoms with Crippen LogP contribution in [0.1, 0.15) is 11.5 Å². The van der Waals surface area contributed by atoms with Crippen molar-refractivity contribution >= 4 is 5.76 Å². The van der Waals surface area contributed by atoms with Gasteiger partial charge in [0, 0.05) is 6.07 Å². The van der Waals surface area contributed by atoms with E-state index in [9.17, 15) is 0 Å². The van der Waals surface area contributed by atoms with E-state index in [1.54, 1.807) is 13.2 Å². The summed E-state index contributed by atoms with van der Waals surface area (Å²) in [7, 11) is 1.55. The molecule has 0 aliphatic heterocycles. The molecule has 1 aromatic heterocycles. The number of aryl methyl sites for hydroxylation is 1. The van der Waals surface area contributed by atoms with Gasteiger partial charge in [-0.1, -0.05) is 11.7 Å². The van der Waals surface area contributed by atoms with Gasteiger partial charge in [0.15, 0.2) is 0 Å². The first-order chi connectivity index (χ1) is 4.74. The normalized spacial score (nSPS) is 9.40. The maximum Gasteiger partial charge on any atom is 0.148 e. The molecule has 0 fully saturated rings. The molecule has 0 amide bonds. The maximum absolute atomic E-state index is 4.83. The smallest absolute Gasteiger partial charge is 0.148 e. The van der Waals surface area contributed by atoms with Crippen molar-refractivity contribution in [3.63, 3.8) is 0 Å². The maximum atomic E-state index is 4.83. The average Bonchev–Trinajstić information content (AvgIpc) is 2.34. The van der Waals surface area contributed by atoms with Crippen molar-refractivity contribution in [1.82, 2.24) is 5.16 Å². The zero-order chi connectivity index (χ0) is 7.56. The fourth-order valence-corrected chi connectivity index (χ4v) is 0.602. The highest BCUT2D eigenvalue weighted by Crippen LogP contribution is 2.11. The van der Waals surface area contributed by atoms with Crippen LogP contribution in [0.5, 0.6) is 0 Å². The van der Waals surface area contributed by atoms with Crippen LogP contribution in [-0.4, -0.2) is 12.3 Å². The van der Waals surface area contributed by atoms with Gasteiger partial charge in [-0.15, -0.1) is 0 Å². The van der Waals surface area contributed by atoms with Gasteiger partial charge in [-0.2, -0.15) is 0 Å². The van der Waals surface area contributed by atoms with Gasteiger partial charge in [-0.05, 0) is 6.92 Å². The van der Waals surface area contributed by atoms with Crippen molar-refractivity contribution in [3.05, 3.63) is 24.1 Å². The minimum atomic E-state index is 0.525. The van der Waals surface area contributed by atoms with E-state index in [1.807, 2.05) is 6.92 Å². The number of aromatic nitrogens is 1. The third kappa shape index (κ3) is 1.18. The van der Waals surface area contributed by atoms with Crippen LogP contribution in [0.3, 0.4) is 0 Å². The molecule has 1 aromatic rings. The molecule has 3 nitrogen and oxygen atoms in total. The molecule has 0 N–H and O–H groups in total. The Bertz CT molecular complexity index is 240. The van der Waals surface area contributed by atoms with E-state index in [0.717, 1.165) is 5.76 Å². The van der Waals surface area contributed by atoms with Crippen LogP contribution in [0, 0.1) is 6.92 Å². The zero-order valence-corrected chi connectivity index (χ0v) is 6.05. The Morgan fingerprint density at radius 3 is 2.90 bits per heavy atom. The highest BCUT2D eigenvalue weighted by Gasteiger charge is 2.02. The molecular formula is C7H9NO2. The van der Waals surface area contributed by atoms with Crippen molar-refractivity contribution in [1.29, 1.82) is 0 Å². The van der Waals surface area contributed by atoms with Crippen molar-refractivity contribution < 1.29 is 9.26 Å². The molecule has 0 spiro atoms. The van der Waals surface area contributed by atoms with E-state index in [4.69, 9.17) is 9.26 Å². The van der Waals surface area contributed by atoms with Crippen LogP contribution < -0.4 is 0 Å².